The van der Waals surface area contributed by atoms with Crippen LogP contribution >= 0.6 is 23.7 Å². The number of fused-ring (bicyclic) bond motifs is 1. The molecule has 0 atom stereocenters. The van der Waals surface area contributed by atoms with E-state index in [0.29, 0.717) is 23.1 Å². The van der Waals surface area contributed by atoms with Crippen molar-refractivity contribution in [2.45, 2.75) is 20.8 Å². The van der Waals surface area contributed by atoms with Crippen molar-refractivity contribution in [3.63, 3.8) is 0 Å². The Labute approximate surface area is 181 Å². The van der Waals surface area contributed by atoms with E-state index in [2.05, 4.69) is 28.7 Å². The molecule has 156 valence electrons. The van der Waals surface area contributed by atoms with Gasteiger partial charge < -0.3 is 9.64 Å². The number of aryl methyl sites for hydroxylation is 1. The van der Waals surface area contributed by atoms with Crippen LogP contribution in [0.4, 0.5) is 5.13 Å². The van der Waals surface area contributed by atoms with Gasteiger partial charge >= 0.3 is 0 Å². The molecule has 1 aromatic carbocycles. The first-order valence-corrected chi connectivity index (χ1v) is 10.1. The summed E-state index contributed by atoms with van der Waals surface area (Å²) >= 11 is 1.50. The lowest BCUT2D eigenvalue weighted by Gasteiger charge is -2.24. The molecule has 0 N–H and O–H groups in total. The van der Waals surface area contributed by atoms with Gasteiger partial charge in [-0.15, -0.1) is 12.4 Å². The third-order valence-electron chi connectivity index (χ3n) is 4.70. The topological polar surface area (TPSA) is 71.5 Å². The first-order valence-electron chi connectivity index (χ1n) is 9.33. The molecule has 29 heavy (non-hydrogen) atoms. The van der Waals surface area contributed by atoms with Crippen molar-refractivity contribution in [1.29, 1.82) is 0 Å². The summed E-state index contributed by atoms with van der Waals surface area (Å²) in [7, 11) is 1.63. The molecular formula is C20H26ClN5O2S. The third-order valence-corrected chi connectivity index (χ3v) is 5.92. The van der Waals surface area contributed by atoms with Crippen molar-refractivity contribution in [3.05, 3.63) is 42.0 Å². The highest BCUT2D eigenvalue weighted by molar-refractivity contribution is 7.22. The number of hydrogen-bond acceptors (Lipinski definition) is 7. The Morgan fingerprint density at radius 2 is 1.93 bits per heavy atom. The van der Waals surface area contributed by atoms with E-state index in [1.54, 1.807) is 18.2 Å². The lowest BCUT2D eigenvalue weighted by molar-refractivity contribution is 0.0978. The van der Waals surface area contributed by atoms with E-state index >= 15 is 0 Å². The zero-order valence-corrected chi connectivity index (χ0v) is 18.7. The van der Waals surface area contributed by atoms with Crippen LogP contribution in [0.15, 0.2) is 30.7 Å². The van der Waals surface area contributed by atoms with Gasteiger partial charge in [0, 0.05) is 25.5 Å². The molecule has 2 aromatic heterocycles. The van der Waals surface area contributed by atoms with E-state index < -0.39 is 0 Å². The van der Waals surface area contributed by atoms with Crippen LogP contribution in [-0.2, 0) is 0 Å². The van der Waals surface area contributed by atoms with Crippen LogP contribution in [0.1, 0.15) is 29.9 Å². The average molecular weight is 436 g/mol. The van der Waals surface area contributed by atoms with Gasteiger partial charge in [-0.05, 0) is 31.6 Å². The quantitative estimate of drug-likeness (QED) is 0.535. The van der Waals surface area contributed by atoms with Crippen LogP contribution in [0.2, 0.25) is 0 Å². The predicted molar refractivity (Wildman–Crippen MR) is 120 cm³/mol. The second-order valence-corrected chi connectivity index (χ2v) is 7.31. The summed E-state index contributed by atoms with van der Waals surface area (Å²) in [6, 6.07) is 3.92. The third kappa shape index (κ3) is 5.01. The highest BCUT2D eigenvalue weighted by Gasteiger charge is 2.24. The van der Waals surface area contributed by atoms with Gasteiger partial charge in [0.15, 0.2) is 5.13 Å². The fourth-order valence-corrected chi connectivity index (χ4v) is 4.07. The van der Waals surface area contributed by atoms with Gasteiger partial charge in [-0.25, -0.2) is 9.97 Å². The van der Waals surface area contributed by atoms with Crippen LogP contribution in [0, 0.1) is 6.92 Å². The number of carbonyl (C=O) groups excluding carboxylic acids is 1. The maximum Gasteiger partial charge on any atom is 0.280 e. The lowest BCUT2D eigenvalue weighted by Crippen LogP contribution is -2.39. The molecule has 0 saturated carbocycles. The molecule has 9 heteroatoms. The molecule has 0 aliphatic carbocycles. The SMILES string of the molecule is CCN(CC)CCN(C(=O)c1cnccn1)c1nc2c(OC)ccc(C)c2s1.Cl. The number of benzene rings is 1. The molecule has 3 aromatic rings. The van der Waals surface area contributed by atoms with Gasteiger partial charge in [0.2, 0.25) is 0 Å². The summed E-state index contributed by atoms with van der Waals surface area (Å²) in [5.74, 6) is 0.509. The molecule has 0 bridgehead atoms. The average Bonchev–Trinajstić information content (AvgIpc) is 3.18. The zero-order chi connectivity index (χ0) is 20.1. The maximum absolute atomic E-state index is 13.2. The van der Waals surface area contributed by atoms with Crippen molar-refractivity contribution >= 4 is 45.0 Å². The van der Waals surface area contributed by atoms with Crippen molar-refractivity contribution in [2.75, 3.05) is 38.2 Å². The van der Waals surface area contributed by atoms with Crippen LogP contribution in [0.5, 0.6) is 5.75 Å². The maximum atomic E-state index is 13.2. The molecule has 0 spiro atoms. The van der Waals surface area contributed by atoms with E-state index in [-0.39, 0.29) is 18.3 Å². The van der Waals surface area contributed by atoms with Gasteiger partial charge in [0.1, 0.15) is 17.0 Å². The molecule has 3 rings (SSSR count). The molecule has 0 saturated heterocycles. The Morgan fingerprint density at radius 3 is 2.55 bits per heavy atom. The molecule has 2 heterocycles. The Bertz CT molecular complexity index is 947. The second kappa shape index (κ2) is 10.5. The van der Waals surface area contributed by atoms with E-state index in [1.807, 2.05) is 19.1 Å². The summed E-state index contributed by atoms with van der Waals surface area (Å²) < 4.78 is 6.49. The number of likely N-dealkylation sites (N-methyl/N-ethyl adjacent to an activating group) is 1. The number of thiazole rings is 1. The fourth-order valence-electron chi connectivity index (χ4n) is 2.99. The number of carbonyl (C=O) groups is 1. The van der Waals surface area contributed by atoms with Crippen LogP contribution < -0.4 is 9.64 Å². The minimum atomic E-state index is -0.198. The first kappa shape index (κ1) is 23.0. The van der Waals surface area contributed by atoms with Crippen molar-refractivity contribution < 1.29 is 9.53 Å². The number of anilines is 1. The lowest BCUT2D eigenvalue weighted by atomic mass is 10.2. The van der Waals surface area contributed by atoms with Crippen LogP contribution in [0.25, 0.3) is 10.2 Å². The number of nitrogens with zero attached hydrogens (tertiary/aromatic N) is 5. The fraction of sp³-hybridized carbons (Fsp3) is 0.400. The Morgan fingerprint density at radius 1 is 1.17 bits per heavy atom. The van der Waals surface area contributed by atoms with E-state index in [4.69, 9.17) is 9.72 Å². The Balaban J connectivity index is 0.00000300. The highest BCUT2D eigenvalue weighted by atomic mass is 35.5. The van der Waals surface area contributed by atoms with E-state index in [9.17, 15) is 4.79 Å². The molecule has 0 fully saturated rings. The number of ether oxygens (including phenoxy) is 1. The summed E-state index contributed by atoms with van der Waals surface area (Å²) in [5.41, 5.74) is 2.20. The molecular weight excluding hydrogens is 410 g/mol. The number of halogens is 1. The largest absolute Gasteiger partial charge is 0.494 e. The van der Waals surface area contributed by atoms with Crippen LogP contribution in [0.3, 0.4) is 0 Å². The van der Waals surface area contributed by atoms with Crippen LogP contribution in [-0.4, -0.2) is 59.0 Å². The summed E-state index contributed by atoms with van der Waals surface area (Å²) in [5, 5.41) is 0.644. The number of methoxy groups -OCH3 is 1. The molecule has 0 aliphatic heterocycles. The van der Waals surface area contributed by atoms with Crippen molar-refractivity contribution in [1.82, 2.24) is 19.9 Å². The Kier molecular flexibility index (Phi) is 8.31. The zero-order valence-electron chi connectivity index (χ0n) is 17.1. The molecule has 1 amide bonds. The van der Waals surface area contributed by atoms with Crippen molar-refractivity contribution in [2.24, 2.45) is 0 Å². The minimum absolute atomic E-state index is 0. The standard InChI is InChI=1S/C20H25N5O2S.ClH/c1-5-24(6-2)11-12-25(19(26)15-13-21-9-10-22-15)20-23-17-16(27-4)8-7-14(3)18(17)28-20;/h7-10,13H,5-6,11-12H2,1-4H3;1H. The minimum Gasteiger partial charge on any atom is -0.494 e. The summed E-state index contributed by atoms with van der Waals surface area (Å²) in [4.78, 5) is 30.1. The number of rotatable bonds is 8. The smallest absolute Gasteiger partial charge is 0.280 e. The van der Waals surface area contributed by atoms with Gasteiger partial charge in [-0.2, -0.15) is 0 Å². The second-order valence-electron chi connectivity index (χ2n) is 6.33. The van der Waals surface area contributed by atoms with E-state index in [1.165, 1.54) is 23.7 Å². The Hall–Kier alpha value is -2.29. The monoisotopic (exact) mass is 435 g/mol. The van der Waals surface area contributed by atoms with E-state index in [0.717, 1.165) is 35.4 Å². The summed E-state index contributed by atoms with van der Waals surface area (Å²) in [6.07, 6.45) is 4.58. The number of aromatic nitrogens is 3. The molecule has 7 nitrogen and oxygen atoms in total. The highest BCUT2D eigenvalue weighted by Crippen LogP contribution is 2.36. The van der Waals surface area contributed by atoms with Crippen molar-refractivity contribution in [3.8, 4) is 5.75 Å². The van der Waals surface area contributed by atoms with Gasteiger partial charge in [-0.3, -0.25) is 14.7 Å². The van der Waals surface area contributed by atoms with Gasteiger partial charge in [0.05, 0.1) is 18.0 Å². The molecule has 0 aliphatic rings. The normalized spacial score (nSPS) is 10.8. The predicted octanol–water partition coefficient (Wildman–Crippen LogP) is 3.81. The molecule has 0 radical (unpaired) electrons. The van der Waals surface area contributed by atoms with Gasteiger partial charge in [0.25, 0.3) is 5.91 Å². The number of amides is 1. The number of hydrogen-bond donors (Lipinski definition) is 0. The van der Waals surface area contributed by atoms with Gasteiger partial charge in [-0.1, -0.05) is 31.3 Å². The molecule has 0 unspecified atom stereocenters. The first-order chi connectivity index (χ1) is 13.6. The summed E-state index contributed by atoms with van der Waals surface area (Å²) in [6.45, 7) is 9.40.